The number of phenols is 5. The summed E-state index contributed by atoms with van der Waals surface area (Å²) in [4.78, 5) is 39.5. The zero-order valence-electron chi connectivity index (χ0n) is 27.9. The quantitative estimate of drug-likeness (QED) is 0.0798. The van der Waals surface area contributed by atoms with Crippen LogP contribution in [0.25, 0.3) is 34.4 Å². The van der Waals surface area contributed by atoms with Crippen molar-refractivity contribution in [3.05, 3.63) is 118 Å². The normalized spacial score (nSPS) is 19.9. The third-order valence-corrected chi connectivity index (χ3v) is 8.18. The van der Waals surface area contributed by atoms with Gasteiger partial charge in [-0.3, -0.25) is 4.79 Å². The summed E-state index contributed by atoms with van der Waals surface area (Å²) in [6.45, 7) is -0.666. The van der Waals surface area contributed by atoms with Crippen molar-refractivity contribution in [3.63, 3.8) is 0 Å². The van der Waals surface area contributed by atoms with Crippen LogP contribution in [-0.4, -0.2) is 85.0 Å². The van der Waals surface area contributed by atoms with E-state index in [1.165, 1.54) is 72.8 Å². The highest BCUT2D eigenvalue weighted by Crippen LogP contribution is 2.38. The highest BCUT2D eigenvalue weighted by Gasteiger charge is 2.49. The molecule has 4 aromatic carbocycles. The van der Waals surface area contributed by atoms with Crippen molar-refractivity contribution in [1.82, 2.24) is 0 Å². The highest BCUT2D eigenvalue weighted by molar-refractivity contribution is 5.89. The number of benzene rings is 4. The molecule has 15 heteroatoms. The fourth-order valence-corrected chi connectivity index (χ4v) is 5.46. The summed E-state index contributed by atoms with van der Waals surface area (Å²) in [6.07, 6.45) is -4.24. The Balaban J connectivity index is 1.32. The predicted molar refractivity (Wildman–Crippen MR) is 189 cm³/mol. The van der Waals surface area contributed by atoms with Crippen LogP contribution in [0, 0.1) is 0 Å². The Labute approximate surface area is 305 Å². The van der Waals surface area contributed by atoms with Crippen LogP contribution in [0.5, 0.6) is 34.5 Å². The topological polar surface area (TPSA) is 243 Å². The summed E-state index contributed by atoms with van der Waals surface area (Å²) >= 11 is 0. The lowest BCUT2D eigenvalue weighted by Gasteiger charge is -2.41. The number of hydrogen-bond acceptors (Lipinski definition) is 15. The number of phenolic OH excluding ortho intramolecular Hbond substituents is 5. The van der Waals surface area contributed by atoms with Crippen molar-refractivity contribution in [2.75, 3.05) is 6.61 Å². The van der Waals surface area contributed by atoms with Gasteiger partial charge in [-0.05, 0) is 71.8 Å². The number of esters is 2. The molecular weight excluding hydrogens is 708 g/mol. The van der Waals surface area contributed by atoms with E-state index in [0.717, 1.165) is 24.3 Å². The minimum absolute atomic E-state index is 0.000756. The Morgan fingerprint density at radius 1 is 0.704 bits per heavy atom. The molecule has 2 unspecified atom stereocenters. The molecule has 6 rings (SSSR count). The second-order valence-electron chi connectivity index (χ2n) is 12.0. The van der Waals surface area contributed by atoms with Gasteiger partial charge in [0.1, 0.15) is 58.5 Å². The minimum atomic E-state index is -2.00. The van der Waals surface area contributed by atoms with E-state index in [1.54, 1.807) is 12.1 Å². The molecule has 1 aliphatic rings. The maximum absolute atomic E-state index is 13.9. The Hall–Kier alpha value is -6.81. The molecule has 2 heterocycles. The summed E-state index contributed by atoms with van der Waals surface area (Å²) in [5, 5.41) is 71.7. The van der Waals surface area contributed by atoms with Gasteiger partial charge in [-0.1, -0.05) is 24.3 Å². The first-order valence-electron chi connectivity index (χ1n) is 16.2. The molecule has 15 nitrogen and oxygen atoms in total. The Morgan fingerprint density at radius 3 is 1.85 bits per heavy atom. The van der Waals surface area contributed by atoms with Crippen LogP contribution in [0.1, 0.15) is 11.1 Å². The van der Waals surface area contributed by atoms with E-state index in [9.17, 15) is 50.1 Å². The van der Waals surface area contributed by atoms with E-state index >= 15 is 0 Å². The first kappa shape index (κ1) is 37.0. The van der Waals surface area contributed by atoms with Crippen LogP contribution in [0.15, 0.2) is 106 Å². The van der Waals surface area contributed by atoms with Crippen LogP contribution in [-0.2, 0) is 23.8 Å². The molecule has 7 N–H and O–H groups in total. The van der Waals surface area contributed by atoms with E-state index in [4.69, 9.17) is 23.4 Å². The molecule has 0 spiro atoms. The Kier molecular flexibility index (Phi) is 10.8. The number of carbonyl (C=O) groups excluding carboxylic acids is 2. The van der Waals surface area contributed by atoms with E-state index in [0.29, 0.717) is 11.1 Å². The summed E-state index contributed by atoms with van der Waals surface area (Å²) in [7, 11) is 0. The molecule has 1 fully saturated rings. The molecule has 5 aromatic rings. The van der Waals surface area contributed by atoms with Gasteiger partial charge in [0.25, 0.3) is 0 Å². The Bertz CT molecular complexity index is 2260. The maximum Gasteiger partial charge on any atom is 0.331 e. The zero-order chi connectivity index (χ0) is 38.5. The van der Waals surface area contributed by atoms with E-state index in [2.05, 4.69) is 0 Å². The average molecular weight is 741 g/mol. The molecular formula is C39H32O15. The molecule has 5 atom stereocenters. The smallest absolute Gasteiger partial charge is 0.331 e. The second kappa shape index (κ2) is 15.8. The predicted octanol–water partition coefficient (Wildman–Crippen LogP) is 3.70. The van der Waals surface area contributed by atoms with Crippen molar-refractivity contribution in [2.24, 2.45) is 0 Å². The molecule has 0 saturated carbocycles. The summed E-state index contributed by atoms with van der Waals surface area (Å²) < 4.78 is 28.3. The first-order chi connectivity index (χ1) is 25.9. The number of aliphatic hydroxyl groups is 2. The molecule has 0 amide bonds. The van der Waals surface area contributed by atoms with E-state index in [-0.39, 0.29) is 34.2 Å². The molecule has 0 radical (unpaired) electrons. The number of aromatic hydroxyl groups is 5. The summed E-state index contributed by atoms with van der Waals surface area (Å²) in [6, 6.07) is 19.0. The van der Waals surface area contributed by atoms with Gasteiger partial charge in [0, 0.05) is 29.8 Å². The molecule has 1 aliphatic heterocycles. The molecule has 54 heavy (non-hydrogen) atoms. The van der Waals surface area contributed by atoms with Gasteiger partial charge in [0.15, 0.2) is 18.0 Å². The monoisotopic (exact) mass is 740 g/mol. The number of hydrogen-bond donors (Lipinski definition) is 7. The average Bonchev–Trinajstić information content (AvgIpc) is 3.14. The van der Waals surface area contributed by atoms with Crippen molar-refractivity contribution < 1.29 is 68.7 Å². The lowest BCUT2D eigenvalue weighted by Crippen LogP contribution is -2.61. The number of carbonyl (C=O) groups is 2. The fraction of sp³-hybridized carbons (Fsp3) is 0.154. The van der Waals surface area contributed by atoms with Crippen molar-refractivity contribution in [2.45, 2.75) is 30.7 Å². The second-order valence-corrected chi connectivity index (χ2v) is 12.0. The fourth-order valence-electron chi connectivity index (χ4n) is 5.46. The van der Waals surface area contributed by atoms with Gasteiger partial charge < -0.3 is 59.1 Å². The van der Waals surface area contributed by atoms with Crippen molar-refractivity contribution >= 4 is 35.1 Å². The van der Waals surface area contributed by atoms with E-state index < -0.39 is 77.3 Å². The van der Waals surface area contributed by atoms with Crippen molar-refractivity contribution in [3.8, 4) is 45.8 Å². The van der Waals surface area contributed by atoms with Crippen LogP contribution < -0.4 is 10.2 Å². The number of aliphatic hydroxyl groups excluding tert-OH is 2. The summed E-state index contributed by atoms with van der Waals surface area (Å²) in [5.74, 6) is -4.01. The standard InChI is InChI=1S/C39H32O15/c40-23-9-1-20(2-10-23)5-15-30(45)50-19-29-33(47)37(53-31(46)16-6-21-3-11-24(41)12-4-21)35(49)39(52-29)54-38-34(48)32-27(44)17-26(43)18-28(32)51-36(38)22-7-13-25(42)14-8-22/h1-18,29,33,35,37,39-44,47,49H,19H2/t29?,33-,35?,37-,39+/m1/s1. The molecule has 0 aliphatic carbocycles. The maximum atomic E-state index is 13.9. The van der Waals surface area contributed by atoms with Gasteiger partial charge in [-0.15, -0.1) is 0 Å². The highest BCUT2D eigenvalue weighted by atomic mass is 16.7. The number of rotatable bonds is 10. The lowest BCUT2D eigenvalue weighted by molar-refractivity contribution is -0.281. The molecule has 0 bridgehead atoms. The zero-order valence-corrected chi connectivity index (χ0v) is 27.9. The first-order valence-corrected chi connectivity index (χ1v) is 16.2. The number of fused-ring (bicyclic) bond motifs is 1. The Morgan fingerprint density at radius 2 is 1.26 bits per heavy atom. The van der Waals surface area contributed by atoms with Crippen LogP contribution in [0.4, 0.5) is 0 Å². The van der Waals surface area contributed by atoms with Crippen LogP contribution in [0.2, 0.25) is 0 Å². The summed E-state index contributed by atoms with van der Waals surface area (Å²) in [5.41, 5.74) is 0.00793. The van der Waals surface area contributed by atoms with Gasteiger partial charge in [0.05, 0.1) is 0 Å². The molecule has 1 aromatic heterocycles. The SMILES string of the molecule is O=C(C=Cc1ccc(O)cc1)OCC1O[C@@H](Oc2c(-c3ccc(O)cc3)oc3cc(O)cc(O)c3c2=O)C(O)[C@H](OC(=O)C=Cc2ccc(O)cc2)[C@@H]1O. The third kappa shape index (κ3) is 8.45. The third-order valence-electron chi connectivity index (χ3n) is 8.18. The van der Waals surface area contributed by atoms with Gasteiger partial charge >= 0.3 is 11.9 Å². The minimum Gasteiger partial charge on any atom is -0.508 e. The van der Waals surface area contributed by atoms with Crippen molar-refractivity contribution in [1.29, 1.82) is 0 Å². The van der Waals surface area contributed by atoms with Gasteiger partial charge in [-0.25, -0.2) is 9.59 Å². The van der Waals surface area contributed by atoms with Gasteiger partial charge in [0.2, 0.25) is 17.5 Å². The number of ether oxygens (including phenoxy) is 4. The van der Waals surface area contributed by atoms with Gasteiger partial charge in [-0.2, -0.15) is 0 Å². The molecule has 278 valence electrons. The lowest BCUT2D eigenvalue weighted by atomic mass is 9.98. The largest absolute Gasteiger partial charge is 0.508 e. The van der Waals surface area contributed by atoms with Crippen LogP contribution in [0.3, 0.4) is 0 Å². The van der Waals surface area contributed by atoms with Crippen LogP contribution >= 0.6 is 0 Å². The van der Waals surface area contributed by atoms with E-state index in [1.807, 2.05) is 0 Å². The molecule has 1 saturated heterocycles.